The van der Waals surface area contributed by atoms with E-state index in [0.717, 1.165) is 29.0 Å². The number of nitrogens with one attached hydrogen (secondary N) is 2. The number of carbonyl (C=O) groups is 1. The number of hydrogen-bond acceptors (Lipinski definition) is 3. The highest BCUT2D eigenvalue weighted by molar-refractivity contribution is 7.99. The van der Waals surface area contributed by atoms with Gasteiger partial charge in [-0.05, 0) is 37.8 Å². The number of imidazole rings is 1. The molecular weight excluding hydrogens is 282 g/mol. The number of nitrogens with zero attached hydrogens (tertiary/aromatic N) is 1. The van der Waals surface area contributed by atoms with Crippen molar-refractivity contribution in [3.05, 3.63) is 24.3 Å². The van der Waals surface area contributed by atoms with Crippen molar-refractivity contribution in [3.8, 4) is 0 Å². The molecule has 0 fully saturated rings. The second-order valence-electron chi connectivity index (χ2n) is 5.79. The summed E-state index contributed by atoms with van der Waals surface area (Å²) in [5, 5.41) is 3.83. The highest BCUT2D eigenvalue weighted by Crippen LogP contribution is 2.18. The number of hydrogen-bond donors (Lipinski definition) is 2. The lowest BCUT2D eigenvalue weighted by molar-refractivity contribution is -0.119. The smallest absolute Gasteiger partial charge is 0.230 e. The molecule has 1 unspecified atom stereocenters. The van der Waals surface area contributed by atoms with Gasteiger partial charge in [-0.1, -0.05) is 37.7 Å². The van der Waals surface area contributed by atoms with Gasteiger partial charge in [-0.2, -0.15) is 0 Å². The quantitative estimate of drug-likeness (QED) is 0.769. The van der Waals surface area contributed by atoms with E-state index < -0.39 is 0 Å². The minimum atomic E-state index is 0.0664. The van der Waals surface area contributed by atoms with Gasteiger partial charge in [-0.3, -0.25) is 4.79 Å². The predicted octanol–water partition coefficient (Wildman–Crippen LogP) is 3.60. The van der Waals surface area contributed by atoms with Crippen molar-refractivity contribution in [1.29, 1.82) is 0 Å². The largest absolute Gasteiger partial charge is 0.353 e. The molecule has 4 nitrogen and oxygen atoms in total. The van der Waals surface area contributed by atoms with Crippen molar-refractivity contribution in [2.24, 2.45) is 5.92 Å². The van der Waals surface area contributed by atoms with Gasteiger partial charge in [-0.25, -0.2) is 4.98 Å². The normalized spacial score (nSPS) is 12.8. The minimum absolute atomic E-state index is 0.0664. The van der Waals surface area contributed by atoms with Crippen molar-refractivity contribution >= 4 is 28.7 Å². The van der Waals surface area contributed by atoms with Crippen LogP contribution in [0.3, 0.4) is 0 Å². The Bertz CT molecular complexity index is 561. The molecule has 0 aliphatic rings. The standard InChI is InChI=1S/C16H23N3OS/c1-11(2)8-9-12(3)17-15(20)10-21-16-18-13-6-4-5-7-14(13)19-16/h4-7,11-12H,8-10H2,1-3H3,(H,17,20)(H,18,19). The zero-order valence-corrected chi connectivity index (χ0v) is 13.7. The van der Waals surface area contributed by atoms with E-state index in [0.29, 0.717) is 11.7 Å². The van der Waals surface area contributed by atoms with Crippen LogP contribution in [0, 0.1) is 5.92 Å². The zero-order chi connectivity index (χ0) is 15.2. The Morgan fingerprint density at radius 1 is 1.29 bits per heavy atom. The van der Waals surface area contributed by atoms with Crippen LogP contribution in [0.25, 0.3) is 11.0 Å². The second kappa shape index (κ2) is 7.50. The summed E-state index contributed by atoms with van der Waals surface area (Å²) >= 11 is 1.44. The first-order valence-electron chi connectivity index (χ1n) is 7.41. The number of H-pyrrole nitrogens is 1. The maximum Gasteiger partial charge on any atom is 0.230 e. The number of para-hydroxylation sites is 2. The number of benzene rings is 1. The molecule has 0 spiro atoms. The lowest BCUT2D eigenvalue weighted by Gasteiger charge is -2.14. The molecule has 2 aromatic rings. The van der Waals surface area contributed by atoms with E-state index in [1.54, 1.807) is 0 Å². The lowest BCUT2D eigenvalue weighted by Crippen LogP contribution is -2.34. The second-order valence-corrected chi connectivity index (χ2v) is 6.75. The monoisotopic (exact) mass is 305 g/mol. The Hall–Kier alpha value is -1.49. The summed E-state index contributed by atoms with van der Waals surface area (Å²) in [6, 6.07) is 8.11. The van der Waals surface area contributed by atoms with Gasteiger partial charge in [-0.15, -0.1) is 0 Å². The van der Waals surface area contributed by atoms with Crippen LogP contribution in [0.1, 0.15) is 33.6 Å². The van der Waals surface area contributed by atoms with Gasteiger partial charge in [0.05, 0.1) is 16.8 Å². The summed E-state index contributed by atoms with van der Waals surface area (Å²) in [6.45, 7) is 6.46. The predicted molar refractivity (Wildman–Crippen MR) is 88.5 cm³/mol. The molecule has 1 amide bonds. The van der Waals surface area contributed by atoms with Crippen LogP contribution >= 0.6 is 11.8 Å². The molecule has 2 N–H and O–H groups in total. The molecule has 2 rings (SSSR count). The zero-order valence-electron chi connectivity index (χ0n) is 12.8. The molecule has 0 radical (unpaired) electrons. The topological polar surface area (TPSA) is 57.8 Å². The average Bonchev–Trinajstić information content (AvgIpc) is 2.86. The van der Waals surface area contributed by atoms with E-state index in [1.807, 2.05) is 24.3 Å². The van der Waals surface area contributed by atoms with Gasteiger partial charge < -0.3 is 10.3 Å². The summed E-state index contributed by atoms with van der Waals surface area (Å²) in [6.07, 6.45) is 2.16. The van der Waals surface area contributed by atoms with Crippen molar-refractivity contribution < 1.29 is 4.79 Å². The fraction of sp³-hybridized carbons (Fsp3) is 0.500. The minimum Gasteiger partial charge on any atom is -0.353 e. The molecule has 0 saturated heterocycles. The Labute approximate surface area is 130 Å². The number of rotatable bonds is 7. The molecule has 21 heavy (non-hydrogen) atoms. The van der Waals surface area contributed by atoms with E-state index in [9.17, 15) is 4.79 Å². The third-order valence-corrected chi connectivity index (χ3v) is 4.17. The van der Waals surface area contributed by atoms with Crippen LogP contribution in [0.4, 0.5) is 0 Å². The lowest BCUT2D eigenvalue weighted by atomic mass is 10.0. The molecule has 0 aliphatic carbocycles. The maximum absolute atomic E-state index is 11.9. The van der Waals surface area contributed by atoms with Crippen LogP contribution in [0.2, 0.25) is 0 Å². The molecule has 0 aliphatic heterocycles. The summed E-state index contributed by atoms with van der Waals surface area (Å²) < 4.78 is 0. The van der Waals surface area contributed by atoms with E-state index in [4.69, 9.17) is 0 Å². The van der Waals surface area contributed by atoms with Crippen molar-refractivity contribution in [2.45, 2.75) is 44.8 Å². The number of fused-ring (bicyclic) bond motifs is 1. The Morgan fingerprint density at radius 3 is 2.76 bits per heavy atom. The van der Waals surface area contributed by atoms with Crippen molar-refractivity contribution in [2.75, 3.05) is 5.75 Å². The third kappa shape index (κ3) is 5.08. The summed E-state index contributed by atoms with van der Waals surface area (Å²) in [5.41, 5.74) is 1.94. The van der Waals surface area contributed by atoms with E-state index in [-0.39, 0.29) is 11.9 Å². The Balaban J connectivity index is 1.78. The summed E-state index contributed by atoms with van der Waals surface area (Å²) in [4.78, 5) is 19.6. The van der Waals surface area contributed by atoms with Crippen molar-refractivity contribution in [1.82, 2.24) is 15.3 Å². The van der Waals surface area contributed by atoms with Gasteiger partial charge in [0.2, 0.25) is 5.91 Å². The van der Waals surface area contributed by atoms with E-state index >= 15 is 0 Å². The third-order valence-electron chi connectivity index (χ3n) is 3.29. The molecule has 1 atom stereocenters. The fourth-order valence-corrected chi connectivity index (χ4v) is 2.80. The number of aromatic amines is 1. The maximum atomic E-state index is 11.9. The first-order valence-corrected chi connectivity index (χ1v) is 8.40. The molecule has 0 bridgehead atoms. The van der Waals surface area contributed by atoms with E-state index in [1.165, 1.54) is 11.8 Å². The van der Waals surface area contributed by atoms with Crippen LogP contribution in [-0.2, 0) is 4.79 Å². The van der Waals surface area contributed by atoms with Gasteiger partial charge in [0, 0.05) is 6.04 Å². The van der Waals surface area contributed by atoms with Gasteiger partial charge in [0.15, 0.2) is 5.16 Å². The summed E-state index contributed by atoms with van der Waals surface area (Å²) in [5.74, 6) is 1.14. The fourth-order valence-electron chi connectivity index (χ4n) is 2.10. The molecule has 0 saturated carbocycles. The number of carbonyl (C=O) groups excluding carboxylic acids is 1. The number of aromatic nitrogens is 2. The van der Waals surface area contributed by atoms with Crippen LogP contribution < -0.4 is 5.32 Å². The van der Waals surface area contributed by atoms with E-state index in [2.05, 4.69) is 36.1 Å². The average molecular weight is 305 g/mol. The first-order chi connectivity index (χ1) is 10.0. The van der Waals surface area contributed by atoms with Crippen LogP contribution in [0.5, 0.6) is 0 Å². The van der Waals surface area contributed by atoms with Crippen LogP contribution in [0.15, 0.2) is 29.4 Å². The first kappa shape index (κ1) is 15.9. The van der Waals surface area contributed by atoms with Gasteiger partial charge in [0.1, 0.15) is 0 Å². The molecule has 1 aromatic carbocycles. The Morgan fingerprint density at radius 2 is 2.05 bits per heavy atom. The Kier molecular flexibility index (Phi) is 5.67. The molecule has 114 valence electrons. The van der Waals surface area contributed by atoms with Crippen molar-refractivity contribution in [3.63, 3.8) is 0 Å². The molecular formula is C16H23N3OS. The highest BCUT2D eigenvalue weighted by atomic mass is 32.2. The number of thioether (sulfide) groups is 1. The van der Waals surface area contributed by atoms with Crippen LogP contribution in [-0.4, -0.2) is 27.7 Å². The molecule has 1 heterocycles. The summed E-state index contributed by atoms with van der Waals surface area (Å²) in [7, 11) is 0. The molecule has 1 aromatic heterocycles. The molecule has 5 heteroatoms. The SMILES string of the molecule is CC(C)CCC(C)NC(=O)CSc1nc2ccccc2[nH]1. The highest BCUT2D eigenvalue weighted by Gasteiger charge is 2.10. The van der Waals surface area contributed by atoms with Gasteiger partial charge in [0.25, 0.3) is 0 Å². The van der Waals surface area contributed by atoms with Gasteiger partial charge >= 0.3 is 0 Å². The number of amides is 1.